The first-order valence-corrected chi connectivity index (χ1v) is 9.14. The van der Waals surface area contributed by atoms with E-state index >= 15 is 0 Å². The molecule has 1 fully saturated rings. The van der Waals surface area contributed by atoms with Crippen molar-refractivity contribution in [3.63, 3.8) is 0 Å². The highest BCUT2D eigenvalue weighted by Crippen LogP contribution is 2.43. The van der Waals surface area contributed by atoms with Crippen molar-refractivity contribution in [2.75, 3.05) is 30.7 Å². The molecule has 2 heterocycles. The van der Waals surface area contributed by atoms with Gasteiger partial charge < -0.3 is 5.32 Å². The smallest absolute Gasteiger partial charge is 0.297 e. The van der Waals surface area contributed by atoms with E-state index in [9.17, 15) is 8.42 Å². The molecule has 1 saturated heterocycles. The molecule has 1 unspecified atom stereocenters. The number of benzene rings is 1. The molecule has 0 aromatic heterocycles. The number of rotatable bonds is 3. The van der Waals surface area contributed by atoms with E-state index in [0.717, 1.165) is 44.6 Å². The molecule has 4 nitrogen and oxygen atoms in total. The minimum atomic E-state index is -3.11. The molecule has 0 bridgehead atoms. The molecule has 0 aliphatic carbocycles. The number of likely N-dealkylation sites (tertiary alicyclic amines) is 1. The maximum absolute atomic E-state index is 12.8. The van der Waals surface area contributed by atoms with Crippen molar-refractivity contribution in [2.24, 2.45) is 0 Å². The monoisotopic (exact) mass is 295 g/mol. The summed E-state index contributed by atoms with van der Waals surface area (Å²) in [6.45, 7) is 4.03. The highest BCUT2D eigenvalue weighted by molar-refractivity contribution is 7.85. The van der Waals surface area contributed by atoms with Gasteiger partial charge in [-0.3, -0.25) is 0 Å². The normalized spacial score (nSPS) is 24.9. The van der Waals surface area contributed by atoms with Gasteiger partial charge in [-0.1, -0.05) is 18.2 Å². The molecule has 0 radical (unpaired) electrons. The van der Waals surface area contributed by atoms with Crippen LogP contribution in [0.5, 0.6) is 0 Å². The van der Waals surface area contributed by atoms with E-state index in [1.807, 2.05) is 18.2 Å². The van der Waals surface area contributed by atoms with Gasteiger partial charge in [-0.15, -0.1) is 0 Å². The number of fused-ring (bicyclic) bond motifs is 1. The van der Waals surface area contributed by atoms with Gasteiger partial charge in [0.05, 0.1) is 25.4 Å². The van der Waals surface area contributed by atoms with Crippen LogP contribution < -0.4 is 5.32 Å². The maximum atomic E-state index is 12.8. The summed E-state index contributed by atoms with van der Waals surface area (Å²) in [6, 6.07) is 8.20. The summed E-state index contributed by atoms with van der Waals surface area (Å²) in [7, 11) is -3.11. The number of sulfonamides is 1. The molecule has 0 spiro atoms. The fourth-order valence-electron chi connectivity index (χ4n) is 3.77. The zero-order valence-corrected chi connectivity index (χ0v) is 12.8. The number of piperidine rings is 1. The zero-order valence-electron chi connectivity index (χ0n) is 12.0. The lowest BCUT2D eigenvalue weighted by molar-refractivity contribution is -0.842. The van der Waals surface area contributed by atoms with Crippen LogP contribution in [0.3, 0.4) is 0 Å². The average Bonchev–Trinajstić information content (AvgIpc) is 2.92. The van der Waals surface area contributed by atoms with E-state index in [4.69, 9.17) is 0 Å². The summed E-state index contributed by atoms with van der Waals surface area (Å²) in [5, 5.41) is 3.39. The Morgan fingerprint density at radius 1 is 1.20 bits per heavy atom. The van der Waals surface area contributed by atoms with E-state index in [0.29, 0.717) is 0 Å². The predicted octanol–water partition coefficient (Wildman–Crippen LogP) is 2.50. The van der Waals surface area contributed by atoms with E-state index in [1.165, 1.54) is 5.56 Å². The number of nitrogens with one attached hydrogen (secondary N) is 1. The SMILES string of the molecule is CCS(=O)(=O)[N+]1(C2CNc3ccccc32)CCCCC1. The van der Waals surface area contributed by atoms with E-state index in [2.05, 4.69) is 11.4 Å². The number of hydrogen-bond donors (Lipinski definition) is 1. The molecule has 1 aromatic rings. The summed E-state index contributed by atoms with van der Waals surface area (Å²) in [5.41, 5.74) is 2.28. The van der Waals surface area contributed by atoms with Crippen molar-refractivity contribution >= 4 is 15.7 Å². The molecule has 5 heteroatoms. The zero-order chi connectivity index (χ0) is 14.2. The van der Waals surface area contributed by atoms with Crippen LogP contribution in [0, 0.1) is 0 Å². The Morgan fingerprint density at radius 3 is 2.60 bits per heavy atom. The number of nitrogens with zero attached hydrogens (tertiary/aromatic N) is 1. The molecule has 1 atom stereocenters. The van der Waals surface area contributed by atoms with Gasteiger partial charge in [-0.25, -0.2) is 3.89 Å². The van der Waals surface area contributed by atoms with E-state index in [-0.39, 0.29) is 15.7 Å². The Balaban J connectivity index is 2.08. The van der Waals surface area contributed by atoms with Crippen LogP contribution in [-0.2, 0) is 10.0 Å². The average molecular weight is 295 g/mol. The quantitative estimate of drug-likeness (QED) is 0.872. The fraction of sp³-hybridized carbons (Fsp3) is 0.600. The van der Waals surface area contributed by atoms with E-state index in [1.54, 1.807) is 6.92 Å². The van der Waals surface area contributed by atoms with Crippen molar-refractivity contribution < 1.29 is 12.3 Å². The van der Waals surface area contributed by atoms with Gasteiger partial charge in [-0.2, -0.15) is 8.42 Å². The van der Waals surface area contributed by atoms with Gasteiger partial charge >= 0.3 is 0 Å². The van der Waals surface area contributed by atoms with Crippen molar-refractivity contribution in [3.05, 3.63) is 29.8 Å². The summed E-state index contributed by atoms with van der Waals surface area (Å²) < 4.78 is 25.9. The molecular formula is C15H23N2O2S+. The van der Waals surface area contributed by atoms with Crippen molar-refractivity contribution in [2.45, 2.75) is 32.2 Å². The van der Waals surface area contributed by atoms with Gasteiger partial charge in [0, 0.05) is 11.3 Å². The summed E-state index contributed by atoms with van der Waals surface area (Å²) in [4.78, 5) is 0. The summed E-state index contributed by atoms with van der Waals surface area (Å²) in [5.74, 6) is 0.228. The highest BCUT2D eigenvalue weighted by Gasteiger charge is 2.50. The molecule has 110 valence electrons. The third kappa shape index (κ3) is 1.95. The Kier molecular flexibility index (Phi) is 3.50. The first-order valence-electron chi connectivity index (χ1n) is 7.53. The van der Waals surface area contributed by atoms with Crippen molar-refractivity contribution in [1.29, 1.82) is 0 Å². The fourth-order valence-corrected chi connectivity index (χ4v) is 5.68. The molecule has 0 amide bonds. The van der Waals surface area contributed by atoms with Gasteiger partial charge in [0.2, 0.25) is 0 Å². The van der Waals surface area contributed by atoms with Crippen LogP contribution in [0.1, 0.15) is 37.8 Å². The molecule has 1 N–H and O–H groups in total. The minimum absolute atomic E-state index is 0.0523. The van der Waals surface area contributed by atoms with Gasteiger partial charge in [0.1, 0.15) is 6.04 Å². The Morgan fingerprint density at radius 2 is 1.90 bits per heavy atom. The molecule has 0 saturated carbocycles. The summed E-state index contributed by atoms with van der Waals surface area (Å²) >= 11 is 0. The molecule has 2 aliphatic heterocycles. The third-order valence-electron chi connectivity index (χ3n) is 4.87. The lowest BCUT2D eigenvalue weighted by Crippen LogP contribution is -2.58. The molecular weight excluding hydrogens is 272 g/mol. The van der Waals surface area contributed by atoms with Crippen molar-refractivity contribution in [1.82, 2.24) is 0 Å². The molecule has 2 aliphatic rings. The van der Waals surface area contributed by atoms with Crippen molar-refractivity contribution in [3.8, 4) is 0 Å². The standard InChI is InChI=1S/C15H23N2O2S/c1-2-20(18,19)17(10-6-3-7-11-17)15-12-16-14-9-5-4-8-13(14)15/h4-5,8-9,15-16H,2-3,6-7,10-12H2,1H3/q+1. The summed E-state index contributed by atoms with van der Waals surface area (Å²) in [6.07, 6.45) is 3.18. The second kappa shape index (κ2) is 5.04. The van der Waals surface area contributed by atoms with E-state index < -0.39 is 10.0 Å². The number of hydrogen-bond acceptors (Lipinski definition) is 3. The van der Waals surface area contributed by atoms with Gasteiger partial charge in [0.15, 0.2) is 0 Å². The van der Waals surface area contributed by atoms with Crippen LogP contribution in [0.15, 0.2) is 24.3 Å². The molecule has 3 rings (SSSR count). The lowest BCUT2D eigenvalue weighted by Gasteiger charge is -2.43. The Hall–Kier alpha value is -1.07. The lowest BCUT2D eigenvalue weighted by atomic mass is 10.0. The second-order valence-electron chi connectivity index (χ2n) is 5.81. The van der Waals surface area contributed by atoms with Crippen LogP contribution in [0.2, 0.25) is 0 Å². The van der Waals surface area contributed by atoms with Crippen LogP contribution >= 0.6 is 0 Å². The van der Waals surface area contributed by atoms with Crippen LogP contribution in [-0.4, -0.2) is 37.7 Å². The van der Waals surface area contributed by atoms with Crippen LogP contribution in [0.25, 0.3) is 0 Å². The predicted molar refractivity (Wildman–Crippen MR) is 81.0 cm³/mol. The maximum Gasteiger partial charge on any atom is 0.297 e. The molecule has 1 aromatic carbocycles. The first kappa shape index (κ1) is 13.9. The Labute approximate surface area is 121 Å². The van der Waals surface area contributed by atoms with Gasteiger partial charge in [-0.05, 0) is 32.3 Å². The number of para-hydroxylation sites is 1. The number of quaternary nitrogens is 1. The number of anilines is 1. The largest absolute Gasteiger partial charge is 0.378 e. The molecule has 20 heavy (non-hydrogen) atoms. The van der Waals surface area contributed by atoms with Gasteiger partial charge in [0.25, 0.3) is 10.0 Å². The van der Waals surface area contributed by atoms with Crippen LogP contribution in [0.4, 0.5) is 5.69 Å². The topological polar surface area (TPSA) is 46.2 Å². The third-order valence-corrected chi connectivity index (χ3v) is 7.32. The second-order valence-corrected chi connectivity index (χ2v) is 8.28. The first-order chi connectivity index (χ1) is 9.61. The Bertz CT molecular complexity index is 592. The minimum Gasteiger partial charge on any atom is -0.378 e. The highest BCUT2D eigenvalue weighted by atomic mass is 32.2.